The average Bonchev–Trinajstić information content (AvgIpc) is 3.12. The van der Waals surface area contributed by atoms with Crippen LogP contribution < -0.4 is 4.83 Å². The minimum absolute atomic E-state index is 0.0210. The van der Waals surface area contributed by atoms with Gasteiger partial charge in [-0.2, -0.15) is 22.3 Å². The third-order valence-corrected chi connectivity index (χ3v) is 7.57. The number of rotatable bonds is 7. The van der Waals surface area contributed by atoms with E-state index in [-0.39, 0.29) is 22.2 Å². The molecule has 11 heteroatoms. The second kappa shape index (κ2) is 8.15. The molecule has 29 heavy (non-hydrogen) atoms. The number of hydrogen-bond acceptors (Lipinski definition) is 5. The molecule has 0 fully saturated rings. The van der Waals surface area contributed by atoms with Gasteiger partial charge in [0.05, 0.1) is 10.6 Å². The van der Waals surface area contributed by atoms with Crippen LogP contribution in [0, 0.1) is 0 Å². The summed E-state index contributed by atoms with van der Waals surface area (Å²) in [6.45, 7) is 1.92. The highest BCUT2D eigenvalue weighted by atomic mass is 35.5. The molecule has 1 heterocycles. The predicted octanol–water partition coefficient (Wildman–Crippen LogP) is 2.78. The number of nitrogens with one attached hydrogen (secondary N) is 1. The lowest BCUT2D eigenvalue weighted by Crippen LogP contribution is -2.28. The van der Waals surface area contributed by atoms with Gasteiger partial charge in [-0.25, -0.2) is 8.42 Å². The van der Waals surface area contributed by atoms with Crippen LogP contribution in [0.1, 0.15) is 6.92 Å². The fraction of sp³-hybridized carbons (Fsp3) is 0.167. The molecule has 8 nitrogen and oxygen atoms in total. The van der Waals surface area contributed by atoms with Crippen LogP contribution in [0.25, 0.3) is 11.3 Å². The summed E-state index contributed by atoms with van der Waals surface area (Å²) >= 11 is 5.93. The van der Waals surface area contributed by atoms with E-state index in [4.69, 9.17) is 11.6 Å². The van der Waals surface area contributed by atoms with Crippen LogP contribution in [0.5, 0.6) is 0 Å². The molecule has 0 saturated carbocycles. The van der Waals surface area contributed by atoms with Crippen molar-refractivity contribution in [1.29, 1.82) is 0 Å². The van der Waals surface area contributed by atoms with Crippen molar-refractivity contribution >= 4 is 31.6 Å². The average molecular weight is 455 g/mol. The smallest absolute Gasteiger partial charge is 0.205 e. The summed E-state index contributed by atoms with van der Waals surface area (Å²) in [5.74, 6) is 0. The first-order chi connectivity index (χ1) is 13.6. The second-order valence-corrected chi connectivity index (χ2v) is 10.2. The van der Waals surface area contributed by atoms with Crippen LogP contribution in [0.15, 0.2) is 70.6 Å². The van der Waals surface area contributed by atoms with E-state index in [0.717, 1.165) is 9.10 Å². The lowest BCUT2D eigenvalue weighted by Gasteiger charge is -2.12. The van der Waals surface area contributed by atoms with Crippen molar-refractivity contribution < 1.29 is 16.8 Å². The highest BCUT2D eigenvalue weighted by Crippen LogP contribution is 2.25. The molecule has 0 radical (unpaired) electrons. The molecule has 3 rings (SSSR count). The second-order valence-electron chi connectivity index (χ2n) is 6.11. The highest BCUT2D eigenvalue weighted by molar-refractivity contribution is 7.92. The van der Waals surface area contributed by atoms with Gasteiger partial charge in [-0.1, -0.05) is 48.9 Å². The zero-order valence-corrected chi connectivity index (χ0v) is 18.0. The molecule has 154 valence electrons. The van der Waals surface area contributed by atoms with Gasteiger partial charge in [0.15, 0.2) is 5.03 Å². The summed E-state index contributed by atoms with van der Waals surface area (Å²) in [5, 5.41) is 4.24. The molecule has 1 aromatic heterocycles. The van der Waals surface area contributed by atoms with E-state index in [1.165, 1.54) is 25.2 Å². The van der Waals surface area contributed by atoms with Crippen LogP contribution in [0.3, 0.4) is 0 Å². The molecule has 0 bridgehead atoms. The molecule has 0 atom stereocenters. The number of benzene rings is 2. The monoisotopic (exact) mass is 454 g/mol. The minimum atomic E-state index is -3.99. The highest BCUT2D eigenvalue weighted by Gasteiger charge is 2.26. The fourth-order valence-electron chi connectivity index (χ4n) is 2.48. The van der Waals surface area contributed by atoms with Crippen LogP contribution in [0.4, 0.5) is 0 Å². The summed E-state index contributed by atoms with van der Waals surface area (Å²) in [6, 6.07) is 15.6. The summed E-state index contributed by atoms with van der Waals surface area (Å²) < 4.78 is 52.0. The Balaban J connectivity index is 2.13. The van der Waals surface area contributed by atoms with Gasteiger partial charge in [0.2, 0.25) is 0 Å². The van der Waals surface area contributed by atoms with Crippen molar-refractivity contribution in [1.82, 2.24) is 14.2 Å². The van der Waals surface area contributed by atoms with Gasteiger partial charge in [-0.05, 0) is 24.3 Å². The lowest BCUT2D eigenvalue weighted by atomic mass is 10.2. The molecule has 0 unspecified atom stereocenters. The van der Waals surface area contributed by atoms with Gasteiger partial charge in [0, 0.05) is 30.2 Å². The van der Waals surface area contributed by atoms with Gasteiger partial charge in [-0.3, -0.25) is 0 Å². The number of hydrogen-bond donors (Lipinski definition) is 1. The first-order valence-corrected chi connectivity index (χ1v) is 11.9. The molecule has 0 aliphatic carbocycles. The number of sulfonamides is 2. The van der Waals surface area contributed by atoms with E-state index in [1.807, 2.05) is 0 Å². The van der Waals surface area contributed by atoms with Crippen molar-refractivity contribution in [3.63, 3.8) is 0 Å². The van der Waals surface area contributed by atoms with Crippen molar-refractivity contribution in [3.05, 3.63) is 65.7 Å². The standard InChI is InChI=1S/C18H19ClN4O4S2/c1-3-22(2)29(26,27)18-13-17(14-9-11-15(19)12-10-14)23(20-18)21-28(24,25)16-7-5-4-6-8-16/h4-13,21H,3H2,1-2H3. The molecular formula is C18H19ClN4O4S2. The molecule has 2 aromatic carbocycles. The first-order valence-electron chi connectivity index (χ1n) is 8.55. The van der Waals surface area contributed by atoms with Gasteiger partial charge in [0.1, 0.15) is 0 Å². The summed E-state index contributed by atoms with van der Waals surface area (Å²) in [5.41, 5.74) is 0.794. The van der Waals surface area contributed by atoms with Crippen molar-refractivity contribution in [3.8, 4) is 11.3 Å². The number of halogens is 1. The van der Waals surface area contributed by atoms with Crippen LogP contribution in [-0.4, -0.2) is 44.6 Å². The minimum Gasteiger partial charge on any atom is -0.205 e. The van der Waals surface area contributed by atoms with Crippen LogP contribution in [-0.2, 0) is 20.0 Å². The van der Waals surface area contributed by atoms with Crippen molar-refractivity contribution in [2.45, 2.75) is 16.8 Å². The Hall–Kier alpha value is -2.40. The molecule has 0 spiro atoms. The summed E-state index contributed by atoms with van der Waals surface area (Å²) in [4.78, 5) is 3.29. The van der Waals surface area contributed by atoms with Crippen LogP contribution in [0.2, 0.25) is 5.02 Å². The van der Waals surface area contributed by atoms with Gasteiger partial charge < -0.3 is 0 Å². The maximum Gasteiger partial charge on any atom is 0.276 e. The Labute approximate surface area is 174 Å². The third kappa shape index (κ3) is 4.45. The fourth-order valence-corrected chi connectivity index (χ4v) is 4.70. The molecule has 1 N–H and O–H groups in total. The zero-order chi connectivity index (χ0) is 21.2. The normalized spacial score (nSPS) is 12.3. The number of aromatic nitrogens is 2. The molecule has 3 aromatic rings. The quantitative estimate of drug-likeness (QED) is 0.591. The summed E-state index contributed by atoms with van der Waals surface area (Å²) in [7, 11) is -6.46. The van der Waals surface area contributed by atoms with E-state index in [2.05, 4.69) is 9.93 Å². The maximum atomic E-state index is 12.7. The van der Waals surface area contributed by atoms with Crippen molar-refractivity contribution in [2.24, 2.45) is 0 Å². The molecular weight excluding hydrogens is 436 g/mol. The molecule has 0 aliphatic heterocycles. The van der Waals surface area contributed by atoms with Crippen molar-refractivity contribution in [2.75, 3.05) is 18.4 Å². The third-order valence-electron chi connectivity index (χ3n) is 4.21. The van der Waals surface area contributed by atoms with E-state index in [0.29, 0.717) is 10.6 Å². The maximum absolute atomic E-state index is 12.7. The van der Waals surface area contributed by atoms with E-state index in [1.54, 1.807) is 49.4 Å². The SMILES string of the molecule is CCN(C)S(=O)(=O)c1cc(-c2ccc(Cl)cc2)n(NS(=O)(=O)c2ccccc2)n1. The Morgan fingerprint density at radius 1 is 1.03 bits per heavy atom. The topological polar surface area (TPSA) is 101 Å². The van der Waals surface area contributed by atoms with E-state index < -0.39 is 20.0 Å². The van der Waals surface area contributed by atoms with Gasteiger partial charge in [-0.15, -0.1) is 5.10 Å². The van der Waals surface area contributed by atoms with Crippen LogP contribution >= 0.6 is 11.6 Å². The predicted molar refractivity (Wildman–Crippen MR) is 111 cm³/mol. The first kappa shape index (κ1) is 21.3. The lowest BCUT2D eigenvalue weighted by molar-refractivity contribution is 0.481. The zero-order valence-electron chi connectivity index (χ0n) is 15.6. The Kier molecular flexibility index (Phi) is 5.99. The molecule has 0 saturated heterocycles. The summed E-state index contributed by atoms with van der Waals surface area (Å²) in [6.07, 6.45) is 0. The number of nitrogens with zero attached hydrogens (tertiary/aromatic N) is 3. The molecule has 0 amide bonds. The van der Waals surface area contributed by atoms with Gasteiger partial charge >= 0.3 is 0 Å². The van der Waals surface area contributed by atoms with Gasteiger partial charge in [0.25, 0.3) is 20.0 Å². The van der Waals surface area contributed by atoms with E-state index in [9.17, 15) is 16.8 Å². The Morgan fingerprint density at radius 2 is 1.66 bits per heavy atom. The Morgan fingerprint density at radius 3 is 2.24 bits per heavy atom. The largest absolute Gasteiger partial charge is 0.276 e. The van der Waals surface area contributed by atoms with E-state index >= 15 is 0 Å². The molecule has 0 aliphatic rings. The Bertz CT molecular complexity index is 1210.